The summed E-state index contributed by atoms with van der Waals surface area (Å²) in [6, 6.07) is 2.06. The zero-order valence-corrected chi connectivity index (χ0v) is 18.4. The quantitative estimate of drug-likeness (QED) is 0.751. The summed E-state index contributed by atoms with van der Waals surface area (Å²) in [6.45, 7) is 4.86. The number of amides is 1. The number of thioether (sulfide) groups is 1. The first-order chi connectivity index (χ1) is 14.1. The molecule has 0 bridgehead atoms. The number of aryl methyl sites for hydroxylation is 2. The van der Waals surface area contributed by atoms with Crippen LogP contribution in [0, 0.1) is 6.92 Å². The number of carbonyl (C=O) groups is 1. The maximum atomic E-state index is 12.4. The molecule has 1 amide bonds. The molecule has 1 unspecified atom stereocenters. The number of hydrogen-bond acceptors (Lipinski definition) is 7. The van der Waals surface area contributed by atoms with Gasteiger partial charge in [0.15, 0.2) is 0 Å². The molecule has 0 aromatic carbocycles. The van der Waals surface area contributed by atoms with Gasteiger partial charge in [-0.1, -0.05) is 6.42 Å². The van der Waals surface area contributed by atoms with E-state index in [4.69, 9.17) is 0 Å². The van der Waals surface area contributed by atoms with E-state index in [1.807, 2.05) is 18.7 Å². The lowest BCUT2D eigenvalue weighted by atomic mass is 10.0. The fourth-order valence-corrected chi connectivity index (χ4v) is 5.70. The van der Waals surface area contributed by atoms with Crippen LogP contribution >= 0.6 is 23.1 Å². The lowest BCUT2D eigenvalue weighted by Crippen LogP contribution is -2.48. The van der Waals surface area contributed by atoms with E-state index >= 15 is 0 Å². The molecular weight excluding hydrogens is 406 g/mol. The van der Waals surface area contributed by atoms with Gasteiger partial charge in [0.25, 0.3) is 11.5 Å². The van der Waals surface area contributed by atoms with Crippen molar-refractivity contribution < 1.29 is 4.79 Å². The Balaban J connectivity index is 1.36. The van der Waals surface area contributed by atoms with Gasteiger partial charge < -0.3 is 5.32 Å². The lowest BCUT2D eigenvalue weighted by Gasteiger charge is -2.35. The number of nitrogens with one attached hydrogen (secondary N) is 1. The van der Waals surface area contributed by atoms with Crippen molar-refractivity contribution in [1.29, 1.82) is 0 Å². The highest BCUT2D eigenvalue weighted by Gasteiger charge is 2.24. The van der Waals surface area contributed by atoms with E-state index < -0.39 is 0 Å². The zero-order valence-electron chi connectivity index (χ0n) is 16.7. The molecule has 29 heavy (non-hydrogen) atoms. The van der Waals surface area contributed by atoms with Crippen molar-refractivity contribution in [3.05, 3.63) is 43.8 Å². The summed E-state index contributed by atoms with van der Waals surface area (Å²) < 4.78 is 1.62. The van der Waals surface area contributed by atoms with Gasteiger partial charge in [-0.05, 0) is 37.6 Å². The Morgan fingerprint density at radius 2 is 2.24 bits per heavy atom. The molecule has 4 rings (SSSR count). The fraction of sp³-hybridized carbons (Fsp3) is 0.600. The molecule has 0 aliphatic carbocycles. The minimum Gasteiger partial charge on any atom is -0.350 e. The van der Waals surface area contributed by atoms with E-state index in [0.29, 0.717) is 24.0 Å². The summed E-state index contributed by atoms with van der Waals surface area (Å²) in [4.78, 5) is 32.1. The van der Waals surface area contributed by atoms with E-state index in [0.717, 1.165) is 60.8 Å². The van der Waals surface area contributed by atoms with Crippen molar-refractivity contribution in [2.24, 2.45) is 0 Å². The Hall–Kier alpha value is -1.71. The number of fused-ring (bicyclic) bond motifs is 1. The Bertz CT molecular complexity index is 926. The normalized spacial score (nSPS) is 19.7. The number of likely N-dealkylation sites (tertiary alicyclic amines) is 1. The first kappa shape index (κ1) is 20.6. The first-order valence-corrected chi connectivity index (χ1v) is 12.3. The molecule has 1 N–H and O–H groups in total. The average molecular weight is 434 g/mol. The van der Waals surface area contributed by atoms with Crippen LogP contribution in [0.4, 0.5) is 0 Å². The standard InChI is InChI=1S/C20H27N5O2S2/c1-14-19(29-13-22-14)20(27)21-11-16-4-2-3-6-24(16)7-8-25-18(26)10-15-12-28-9-5-17(15)23-25/h10,13,16H,2-9,11-12H2,1H3,(H,21,27). The molecule has 1 fully saturated rings. The third-order valence-electron chi connectivity index (χ3n) is 5.70. The second-order valence-electron chi connectivity index (χ2n) is 7.64. The van der Waals surface area contributed by atoms with E-state index in [1.54, 1.807) is 16.3 Å². The van der Waals surface area contributed by atoms with E-state index in [-0.39, 0.29) is 11.5 Å². The average Bonchev–Trinajstić information content (AvgIpc) is 3.17. The van der Waals surface area contributed by atoms with Crippen LogP contribution in [-0.2, 0) is 18.7 Å². The third-order valence-corrected chi connectivity index (χ3v) is 7.64. The highest BCUT2D eigenvalue weighted by Crippen LogP contribution is 2.21. The Morgan fingerprint density at radius 3 is 3.07 bits per heavy atom. The van der Waals surface area contributed by atoms with E-state index in [9.17, 15) is 9.59 Å². The van der Waals surface area contributed by atoms with Crippen LogP contribution < -0.4 is 10.9 Å². The van der Waals surface area contributed by atoms with Crippen molar-refractivity contribution in [3.63, 3.8) is 0 Å². The summed E-state index contributed by atoms with van der Waals surface area (Å²) >= 11 is 3.24. The predicted molar refractivity (Wildman–Crippen MR) is 117 cm³/mol. The topological polar surface area (TPSA) is 80.1 Å². The molecule has 1 saturated heterocycles. The maximum Gasteiger partial charge on any atom is 0.267 e. The summed E-state index contributed by atoms with van der Waals surface area (Å²) in [7, 11) is 0. The number of carbonyl (C=O) groups excluding carboxylic acids is 1. The largest absolute Gasteiger partial charge is 0.350 e. The summed E-state index contributed by atoms with van der Waals surface area (Å²) in [5, 5.41) is 7.71. The molecule has 9 heteroatoms. The number of nitrogens with zero attached hydrogens (tertiary/aromatic N) is 4. The van der Waals surface area contributed by atoms with Gasteiger partial charge in [-0.25, -0.2) is 9.67 Å². The molecule has 7 nitrogen and oxygen atoms in total. The van der Waals surface area contributed by atoms with E-state index in [2.05, 4.69) is 20.3 Å². The van der Waals surface area contributed by atoms with Crippen LogP contribution in [0.2, 0.25) is 0 Å². The number of hydrogen-bond donors (Lipinski definition) is 1. The molecule has 1 atom stereocenters. The minimum absolute atomic E-state index is 0.00576. The van der Waals surface area contributed by atoms with Crippen LogP contribution in [0.3, 0.4) is 0 Å². The number of thiazole rings is 1. The predicted octanol–water partition coefficient (Wildman–Crippen LogP) is 2.08. The molecule has 2 aromatic heterocycles. The summed E-state index contributed by atoms with van der Waals surface area (Å²) in [6.07, 6.45) is 4.33. The smallest absolute Gasteiger partial charge is 0.267 e. The molecule has 0 spiro atoms. The Labute approximate surface area is 178 Å². The van der Waals surface area contributed by atoms with Gasteiger partial charge in [-0.2, -0.15) is 16.9 Å². The van der Waals surface area contributed by atoms with Crippen LogP contribution in [0.25, 0.3) is 0 Å². The van der Waals surface area contributed by atoms with Gasteiger partial charge in [0, 0.05) is 37.4 Å². The molecule has 156 valence electrons. The van der Waals surface area contributed by atoms with Crippen molar-refractivity contribution in [3.8, 4) is 0 Å². The SMILES string of the molecule is Cc1ncsc1C(=O)NCC1CCCCN1CCn1nc2c(cc1=O)CSCC2. The van der Waals surface area contributed by atoms with Gasteiger partial charge in [-0.15, -0.1) is 11.3 Å². The van der Waals surface area contributed by atoms with Crippen molar-refractivity contribution >= 4 is 29.0 Å². The second-order valence-corrected chi connectivity index (χ2v) is 9.60. The Kier molecular flexibility index (Phi) is 6.67. The molecule has 2 aliphatic heterocycles. The van der Waals surface area contributed by atoms with Crippen LogP contribution in [0.1, 0.15) is 45.9 Å². The summed E-state index contributed by atoms with van der Waals surface area (Å²) in [5.41, 5.74) is 4.65. The fourth-order valence-electron chi connectivity index (χ4n) is 4.03. The van der Waals surface area contributed by atoms with Crippen LogP contribution in [0.5, 0.6) is 0 Å². The Morgan fingerprint density at radius 1 is 1.34 bits per heavy atom. The van der Waals surface area contributed by atoms with Gasteiger partial charge in [0.2, 0.25) is 0 Å². The van der Waals surface area contributed by atoms with E-state index in [1.165, 1.54) is 17.8 Å². The molecule has 2 aliphatic rings. The zero-order chi connectivity index (χ0) is 20.2. The van der Waals surface area contributed by atoms with Gasteiger partial charge in [0.05, 0.1) is 23.4 Å². The highest BCUT2D eigenvalue weighted by molar-refractivity contribution is 7.98. The molecule has 0 radical (unpaired) electrons. The van der Waals surface area contributed by atoms with Crippen molar-refractivity contribution in [1.82, 2.24) is 25.0 Å². The molecule has 4 heterocycles. The maximum absolute atomic E-state index is 12.4. The summed E-state index contributed by atoms with van der Waals surface area (Å²) in [5.74, 6) is 1.93. The van der Waals surface area contributed by atoms with Gasteiger partial charge in [0.1, 0.15) is 4.88 Å². The number of rotatable bonds is 6. The van der Waals surface area contributed by atoms with Crippen LogP contribution in [-0.4, -0.2) is 57.0 Å². The van der Waals surface area contributed by atoms with Crippen molar-refractivity contribution in [2.45, 2.75) is 50.9 Å². The second kappa shape index (κ2) is 9.40. The molecular formula is C20H27N5O2S2. The highest BCUT2D eigenvalue weighted by atomic mass is 32.2. The van der Waals surface area contributed by atoms with Crippen LogP contribution in [0.15, 0.2) is 16.4 Å². The number of piperidine rings is 1. The molecule has 0 saturated carbocycles. The first-order valence-electron chi connectivity index (χ1n) is 10.2. The van der Waals surface area contributed by atoms with Gasteiger partial charge >= 0.3 is 0 Å². The minimum atomic E-state index is -0.0408. The van der Waals surface area contributed by atoms with Crippen molar-refractivity contribution in [2.75, 3.05) is 25.4 Å². The lowest BCUT2D eigenvalue weighted by molar-refractivity contribution is 0.0912. The monoisotopic (exact) mass is 433 g/mol. The molecule has 2 aromatic rings. The van der Waals surface area contributed by atoms with Gasteiger partial charge in [-0.3, -0.25) is 14.5 Å². The number of aromatic nitrogens is 3. The third kappa shape index (κ3) is 4.90.